The van der Waals surface area contributed by atoms with Crippen molar-refractivity contribution in [2.45, 2.75) is 19.8 Å². The number of hydrogen-bond donors (Lipinski definition) is 2. The van der Waals surface area contributed by atoms with Gasteiger partial charge in [0.25, 0.3) is 0 Å². The van der Waals surface area contributed by atoms with E-state index in [9.17, 15) is 0 Å². The van der Waals surface area contributed by atoms with E-state index in [1.54, 1.807) is 11.3 Å². The number of anilines is 2. The molecule has 1 heterocycles. The van der Waals surface area contributed by atoms with Gasteiger partial charge in [-0.15, -0.1) is 11.3 Å². The Labute approximate surface area is 106 Å². The molecule has 3 N–H and O–H groups in total. The molecule has 0 saturated heterocycles. The average Bonchev–Trinajstić information content (AvgIpc) is 2.83. The highest BCUT2D eigenvalue weighted by Crippen LogP contribution is 2.22. The molecule has 90 valence electrons. The van der Waals surface area contributed by atoms with Crippen LogP contribution in [0.5, 0.6) is 0 Å². The topological polar surface area (TPSA) is 50.9 Å². The van der Waals surface area contributed by atoms with Crippen molar-refractivity contribution in [2.75, 3.05) is 17.6 Å². The maximum absolute atomic E-state index is 5.92. The number of nitrogens with two attached hydrogens (primary N) is 1. The minimum Gasteiger partial charge on any atom is -0.397 e. The summed E-state index contributed by atoms with van der Waals surface area (Å²) in [6.45, 7) is 5.08. The van der Waals surface area contributed by atoms with Crippen molar-refractivity contribution in [3.8, 4) is 0 Å². The Hall–Kier alpha value is -1.55. The van der Waals surface area contributed by atoms with Crippen LogP contribution in [-0.4, -0.2) is 11.5 Å². The fourth-order valence-corrected chi connectivity index (χ4v) is 2.35. The van der Waals surface area contributed by atoms with Crippen LogP contribution in [0, 0.1) is 6.92 Å². The molecule has 17 heavy (non-hydrogen) atoms. The standard InChI is InChI=1S/C13H17N3S/c1-9-3-4-11(14)12(7-9)16-8-10(2)13-15-5-6-17-13/h3-7,10,16H,8,14H2,1-2H3. The lowest BCUT2D eigenvalue weighted by molar-refractivity contribution is 0.795. The second-order valence-corrected chi connectivity index (χ2v) is 5.17. The molecule has 0 bridgehead atoms. The van der Waals surface area contributed by atoms with E-state index in [2.05, 4.69) is 30.2 Å². The van der Waals surface area contributed by atoms with Gasteiger partial charge < -0.3 is 11.1 Å². The van der Waals surface area contributed by atoms with Gasteiger partial charge in [0.05, 0.1) is 16.4 Å². The molecule has 4 heteroatoms. The Balaban J connectivity index is 2.00. The Morgan fingerprint density at radius 3 is 3.00 bits per heavy atom. The third kappa shape index (κ3) is 2.97. The third-order valence-electron chi connectivity index (χ3n) is 2.68. The summed E-state index contributed by atoms with van der Waals surface area (Å²) in [5.41, 5.74) is 8.93. The van der Waals surface area contributed by atoms with Crippen molar-refractivity contribution in [3.05, 3.63) is 40.3 Å². The van der Waals surface area contributed by atoms with Gasteiger partial charge in [0.1, 0.15) is 0 Å². The van der Waals surface area contributed by atoms with Gasteiger partial charge in [0, 0.05) is 24.0 Å². The lowest BCUT2D eigenvalue weighted by Crippen LogP contribution is -2.11. The molecule has 0 aliphatic rings. The van der Waals surface area contributed by atoms with Gasteiger partial charge >= 0.3 is 0 Å². The highest BCUT2D eigenvalue weighted by atomic mass is 32.1. The maximum atomic E-state index is 5.92. The van der Waals surface area contributed by atoms with E-state index in [4.69, 9.17) is 5.73 Å². The van der Waals surface area contributed by atoms with Crippen LogP contribution in [0.1, 0.15) is 23.4 Å². The van der Waals surface area contributed by atoms with E-state index in [0.29, 0.717) is 5.92 Å². The number of hydrogen-bond acceptors (Lipinski definition) is 4. The van der Waals surface area contributed by atoms with Crippen LogP contribution in [0.3, 0.4) is 0 Å². The van der Waals surface area contributed by atoms with Gasteiger partial charge in [-0.2, -0.15) is 0 Å². The summed E-state index contributed by atoms with van der Waals surface area (Å²) in [4.78, 5) is 4.32. The van der Waals surface area contributed by atoms with Crippen LogP contribution >= 0.6 is 11.3 Å². The van der Waals surface area contributed by atoms with E-state index >= 15 is 0 Å². The first-order chi connectivity index (χ1) is 8.16. The van der Waals surface area contributed by atoms with E-state index < -0.39 is 0 Å². The zero-order valence-corrected chi connectivity index (χ0v) is 10.9. The highest BCUT2D eigenvalue weighted by molar-refractivity contribution is 7.09. The Bertz CT molecular complexity index is 479. The van der Waals surface area contributed by atoms with Crippen LogP contribution in [0.2, 0.25) is 0 Å². The van der Waals surface area contributed by atoms with Crippen LogP contribution in [0.25, 0.3) is 0 Å². The number of rotatable bonds is 4. The molecular weight excluding hydrogens is 230 g/mol. The first-order valence-electron chi connectivity index (χ1n) is 5.66. The van der Waals surface area contributed by atoms with Crippen LogP contribution in [-0.2, 0) is 0 Å². The van der Waals surface area contributed by atoms with Gasteiger partial charge in [-0.3, -0.25) is 0 Å². The summed E-state index contributed by atoms with van der Waals surface area (Å²) < 4.78 is 0. The van der Waals surface area contributed by atoms with Gasteiger partial charge in [-0.05, 0) is 24.6 Å². The molecule has 0 saturated carbocycles. The zero-order valence-electron chi connectivity index (χ0n) is 10.1. The fraction of sp³-hybridized carbons (Fsp3) is 0.308. The number of benzene rings is 1. The summed E-state index contributed by atoms with van der Waals surface area (Å²) in [5.74, 6) is 0.398. The molecule has 0 aliphatic carbocycles. The quantitative estimate of drug-likeness (QED) is 0.815. The highest BCUT2D eigenvalue weighted by Gasteiger charge is 2.08. The monoisotopic (exact) mass is 247 g/mol. The number of aromatic nitrogens is 1. The van der Waals surface area contributed by atoms with E-state index in [0.717, 1.165) is 22.9 Å². The normalized spacial score (nSPS) is 12.4. The summed E-state index contributed by atoms with van der Waals surface area (Å²) in [6, 6.07) is 6.03. The molecule has 0 amide bonds. The largest absolute Gasteiger partial charge is 0.397 e. The SMILES string of the molecule is Cc1ccc(N)c(NCC(C)c2nccs2)c1. The second-order valence-electron chi connectivity index (χ2n) is 4.24. The lowest BCUT2D eigenvalue weighted by atomic mass is 10.1. The van der Waals surface area contributed by atoms with Crippen LogP contribution in [0.4, 0.5) is 11.4 Å². The predicted octanol–water partition coefficient (Wildman–Crippen LogP) is 3.25. The van der Waals surface area contributed by atoms with Crippen LogP contribution < -0.4 is 11.1 Å². The number of aryl methyl sites for hydroxylation is 1. The summed E-state index contributed by atoms with van der Waals surface area (Å²) >= 11 is 1.69. The third-order valence-corrected chi connectivity index (χ3v) is 3.69. The average molecular weight is 247 g/mol. The fourth-order valence-electron chi connectivity index (χ4n) is 1.65. The molecule has 0 aliphatic heterocycles. The first-order valence-corrected chi connectivity index (χ1v) is 6.54. The first kappa shape index (κ1) is 11.9. The Morgan fingerprint density at radius 1 is 1.47 bits per heavy atom. The molecule has 0 spiro atoms. The molecular formula is C13H17N3S. The van der Waals surface area contributed by atoms with E-state index in [1.807, 2.05) is 23.7 Å². The van der Waals surface area contributed by atoms with Crippen molar-refractivity contribution < 1.29 is 0 Å². The van der Waals surface area contributed by atoms with Gasteiger partial charge in [-0.25, -0.2) is 4.98 Å². The summed E-state index contributed by atoms with van der Waals surface area (Å²) in [6.07, 6.45) is 1.84. The predicted molar refractivity (Wildman–Crippen MR) is 74.6 cm³/mol. The number of nitrogen functional groups attached to an aromatic ring is 1. The van der Waals surface area contributed by atoms with E-state index in [1.165, 1.54) is 5.56 Å². The maximum Gasteiger partial charge on any atom is 0.0970 e. The number of nitrogens with zero attached hydrogens (tertiary/aromatic N) is 1. The molecule has 1 aromatic heterocycles. The second kappa shape index (κ2) is 5.19. The number of thiazole rings is 1. The molecule has 0 radical (unpaired) electrons. The van der Waals surface area contributed by atoms with Gasteiger partial charge in [0.15, 0.2) is 0 Å². The Kier molecular flexibility index (Phi) is 3.64. The van der Waals surface area contributed by atoms with E-state index in [-0.39, 0.29) is 0 Å². The molecule has 2 aromatic rings. The Morgan fingerprint density at radius 2 is 2.29 bits per heavy atom. The smallest absolute Gasteiger partial charge is 0.0970 e. The minimum atomic E-state index is 0.398. The van der Waals surface area contributed by atoms with Crippen LogP contribution in [0.15, 0.2) is 29.8 Å². The molecule has 0 fully saturated rings. The van der Waals surface area contributed by atoms with Crippen molar-refractivity contribution in [1.82, 2.24) is 4.98 Å². The van der Waals surface area contributed by atoms with Crippen molar-refractivity contribution in [3.63, 3.8) is 0 Å². The molecule has 2 rings (SSSR count). The molecule has 1 aromatic carbocycles. The molecule has 3 nitrogen and oxygen atoms in total. The van der Waals surface area contributed by atoms with Crippen molar-refractivity contribution in [2.24, 2.45) is 0 Å². The van der Waals surface area contributed by atoms with Gasteiger partial charge in [0.2, 0.25) is 0 Å². The summed E-state index contributed by atoms with van der Waals surface area (Å²) in [5, 5.41) is 6.55. The zero-order chi connectivity index (χ0) is 12.3. The van der Waals surface area contributed by atoms with Crippen molar-refractivity contribution >= 4 is 22.7 Å². The lowest BCUT2D eigenvalue weighted by Gasteiger charge is -2.13. The number of nitrogens with one attached hydrogen (secondary N) is 1. The van der Waals surface area contributed by atoms with Crippen molar-refractivity contribution in [1.29, 1.82) is 0 Å². The molecule has 1 unspecified atom stereocenters. The molecule has 1 atom stereocenters. The van der Waals surface area contributed by atoms with Gasteiger partial charge in [-0.1, -0.05) is 13.0 Å². The minimum absolute atomic E-state index is 0.398. The summed E-state index contributed by atoms with van der Waals surface area (Å²) in [7, 11) is 0.